The molecule has 2 aliphatic heterocycles. The van der Waals surface area contributed by atoms with E-state index in [0.29, 0.717) is 29.3 Å². The van der Waals surface area contributed by atoms with Crippen molar-refractivity contribution in [2.45, 2.75) is 64.5 Å². The predicted molar refractivity (Wildman–Crippen MR) is 85.1 cm³/mol. The lowest BCUT2D eigenvalue weighted by molar-refractivity contribution is -0.123. The first-order valence-corrected chi connectivity index (χ1v) is 8.86. The van der Waals surface area contributed by atoms with Crippen molar-refractivity contribution in [1.82, 2.24) is 15.5 Å². The molecule has 2 N–H and O–H groups in total. The van der Waals surface area contributed by atoms with Gasteiger partial charge in [-0.3, -0.25) is 9.69 Å². The van der Waals surface area contributed by atoms with E-state index in [1.165, 1.54) is 38.6 Å². The van der Waals surface area contributed by atoms with Crippen molar-refractivity contribution < 1.29 is 4.79 Å². The Morgan fingerprint density at radius 2 is 2.14 bits per heavy atom. The first-order chi connectivity index (χ1) is 10.1. The van der Waals surface area contributed by atoms with Gasteiger partial charge in [-0.05, 0) is 71.0 Å². The summed E-state index contributed by atoms with van der Waals surface area (Å²) < 4.78 is 0. The number of nitrogens with zero attached hydrogens (tertiary/aromatic N) is 1. The molecule has 2 heterocycles. The highest BCUT2D eigenvalue weighted by molar-refractivity contribution is 5.82. The highest BCUT2D eigenvalue weighted by Crippen LogP contribution is 2.58. The van der Waals surface area contributed by atoms with Gasteiger partial charge < -0.3 is 10.6 Å². The smallest absolute Gasteiger partial charge is 0.223 e. The van der Waals surface area contributed by atoms with Crippen LogP contribution in [-0.4, -0.2) is 49.1 Å². The number of amides is 1. The molecule has 3 atom stereocenters. The van der Waals surface area contributed by atoms with Crippen molar-refractivity contribution in [3.05, 3.63) is 0 Å². The van der Waals surface area contributed by atoms with Crippen LogP contribution in [0.3, 0.4) is 0 Å². The molecular weight excluding hydrogens is 262 g/mol. The number of hydrogen-bond acceptors (Lipinski definition) is 3. The van der Waals surface area contributed by atoms with Crippen LogP contribution in [0.25, 0.3) is 0 Å². The first-order valence-electron chi connectivity index (χ1n) is 8.86. The molecule has 0 aromatic carbocycles. The molecule has 0 bridgehead atoms. The average molecular weight is 293 g/mol. The third-order valence-electron chi connectivity index (χ3n) is 6.10. The van der Waals surface area contributed by atoms with E-state index in [0.717, 1.165) is 26.1 Å². The molecular formula is C17H31N3O. The van der Waals surface area contributed by atoms with Gasteiger partial charge in [0.1, 0.15) is 0 Å². The summed E-state index contributed by atoms with van der Waals surface area (Å²) >= 11 is 0. The van der Waals surface area contributed by atoms with E-state index in [1.54, 1.807) is 0 Å². The number of nitrogens with one attached hydrogen (secondary N) is 2. The van der Waals surface area contributed by atoms with Crippen molar-refractivity contribution in [1.29, 1.82) is 0 Å². The Hall–Kier alpha value is -0.610. The van der Waals surface area contributed by atoms with Crippen LogP contribution >= 0.6 is 0 Å². The molecule has 0 aromatic rings. The summed E-state index contributed by atoms with van der Waals surface area (Å²) in [6, 6.07) is 1.13. The molecule has 4 nitrogen and oxygen atoms in total. The Morgan fingerprint density at radius 3 is 2.86 bits per heavy atom. The monoisotopic (exact) mass is 293 g/mol. The van der Waals surface area contributed by atoms with Gasteiger partial charge in [-0.25, -0.2) is 0 Å². The van der Waals surface area contributed by atoms with Gasteiger partial charge >= 0.3 is 0 Å². The van der Waals surface area contributed by atoms with Crippen LogP contribution in [0.15, 0.2) is 0 Å². The zero-order chi connectivity index (χ0) is 14.9. The number of carbonyl (C=O) groups is 1. The normalized spacial score (nSPS) is 33.6. The molecule has 1 saturated carbocycles. The molecule has 3 rings (SSSR count). The largest absolute Gasteiger partial charge is 0.354 e. The minimum atomic E-state index is 0.297. The van der Waals surface area contributed by atoms with Crippen LogP contribution in [0.4, 0.5) is 0 Å². The fourth-order valence-corrected chi connectivity index (χ4v) is 4.46. The number of carbonyl (C=O) groups excluding carboxylic acids is 1. The van der Waals surface area contributed by atoms with Gasteiger partial charge in [0, 0.05) is 24.5 Å². The molecule has 3 unspecified atom stereocenters. The summed E-state index contributed by atoms with van der Waals surface area (Å²) in [6.45, 7) is 8.76. The summed E-state index contributed by atoms with van der Waals surface area (Å²) in [5.74, 6) is 0.610. The van der Waals surface area contributed by atoms with E-state index < -0.39 is 0 Å². The number of piperidine rings is 2. The van der Waals surface area contributed by atoms with E-state index in [4.69, 9.17) is 0 Å². The second-order valence-corrected chi connectivity index (χ2v) is 7.55. The Balaban J connectivity index is 1.43. The summed E-state index contributed by atoms with van der Waals surface area (Å²) in [7, 11) is 0. The van der Waals surface area contributed by atoms with Crippen LogP contribution in [0.5, 0.6) is 0 Å². The van der Waals surface area contributed by atoms with E-state index in [2.05, 4.69) is 29.4 Å². The zero-order valence-electron chi connectivity index (χ0n) is 13.7. The molecule has 1 spiro atoms. The van der Waals surface area contributed by atoms with Crippen molar-refractivity contribution >= 4 is 5.91 Å². The second-order valence-electron chi connectivity index (χ2n) is 7.55. The van der Waals surface area contributed by atoms with Gasteiger partial charge in [-0.2, -0.15) is 0 Å². The van der Waals surface area contributed by atoms with E-state index in [9.17, 15) is 4.79 Å². The molecule has 0 radical (unpaired) electrons. The molecule has 120 valence electrons. The molecule has 4 heteroatoms. The molecule has 3 fully saturated rings. The second kappa shape index (κ2) is 6.25. The third-order valence-corrected chi connectivity index (χ3v) is 6.10. The van der Waals surface area contributed by atoms with Crippen LogP contribution in [0.2, 0.25) is 0 Å². The average Bonchev–Trinajstić information content (AvgIpc) is 3.19. The highest BCUT2D eigenvalue weighted by Gasteiger charge is 2.57. The van der Waals surface area contributed by atoms with Crippen LogP contribution in [-0.2, 0) is 4.79 Å². The maximum absolute atomic E-state index is 12.4. The lowest BCUT2D eigenvalue weighted by Gasteiger charge is -2.38. The third kappa shape index (κ3) is 3.26. The fraction of sp³-hybridized carbons (Fsp3) is 0.941. The maximum Gasteiger partial charge on any atom is 0.223 e. The van der Waals surface area contributed by atoms with Crippen LogP contribution in [0, 0.1) is 11.3 Å². The fourth-order valence-electron chi connectivity index (χ4n) is 4.46. The SMILES string of the molecule is CC1CCCCN1C(C)CNC(=O)C1CC12CCNCC2. The van der Waals surface area contributed by atoms with Gasteiger partial charge in [-0.1, -0.05) is 6.42 Å². The van der Waals surface area contributed by atoms with Crippen molar-refractivity contribution in [2.75, 3.05) is 26.2 Å². The molecule has 1 amide bonds. The minimum absolute atomic E-state index is 0.297. The Morgan fingerprint density at radius 1 is 1.38 bits per heavy atom. The summed E-state index contributed by atoms with van der Waals surface area (Å²) in [4.78, 5) is 15.0. The quantitative estimate of drug-likeness (QED) is 0.830. The number of hydrogen-bond donors (Lipinski definition) is 2. The molecule has 21 heavy (non-hydrogen) atoms. The number of likely N-dealkylation sites (tertiary alicyclic amines) is 1. The minimum Gasteiger partial charge on any atom is -0.354 e. The van der Waals surface area contributed by atoms with E-state index >= 15 is 0 Å². The van der Waals surface area contributed by atoms with Crippen molar-refractivity contribution in [3.8, 4) is 0 Å². The molecule has 2 saturated heterocycles. The van der Waals surface area contributed by atoms with Crippen molar-refractivity contribution in [2.24, 2.45) is 11.3 Å². The van der Waals surface area contributed by atoms with Gasteiger partial charge in [0.15, 0.2) is 0 Å². The topological polar surface area (TPSA) is 44.4 Å². The standard InChI is InChI=1S/C17H31N3O/c1-13-5-3-4-10-20(13)14(2)12-19-16(21)15-11-17(15)6-8-18-9-7-17/h13-15,18H,3-12H2,1-2H3,(H,19,21). The lowest BCUT2D eigenvalue weighted by Crippen LogP contribution is -2.48. The first kappa shape index (κ1) is 15.3. The van der Waals surface area contributed by atoms with Crippen LogP contribution in [0.1, 0.15) is 52.4 Å². The summed E-state index contributed by atoms with van der Waals surface area (Å²) in [6.07, 6.45) is 7.45. The van der Waals surface area contributed by atoms with Gasteiger partial charge in [-0.15, -0.1) is 0 Å². The maximum atomic E-state index is 12.4. The number of rotatable bonds is 4. The Bertz CT molecular complexity index is 378. The Labute approximate surface area is 129 Å². The van der Waals surface area contributed by atoms with E-state index in [1.807, 2.05) is 0 Å². The van der Waals surface area contributed by atoms with Gasteiger partial charge in [0.25, 0.3) is 0 Å². The molecule has 0 aromatic heterocycles. The van der Waals surface area contributed by atoms with Crippen molar-refractivity contribution in [3.63, 3.8) is 0 Å². The zero-order valence-corrected chi connectivity index (χ0v) is 13.7. The van der Waals surface area contributed by atoms with E-state index in [-0.39, 0.29) is 0 Å². The highest BCUT2D eigenvalue weighted by atomic mass is 16.2. The van der Waals surface area contributed by atoms with Crippen LogP contribution < -0.4 is 10.6 Å². The summed E-state index contributed by atoms with van der Waals surface area (Å²) in [5.41, 5.74) is 0.358. The summed E-state index contributed by atoms with van der Waals surface area (Å²) in [5, 5.41) is 6.63. The van der Waals surface area contributed by atoms with Gasteiger partial charge in [0.2, 0.25) is 5.91 Å². The molecule has 3 aliphatic rings. The Kier molecular flexibility index (Phi) is 4.55. The van der Waals surface area contributed by atoms with Gasteiger partial charge in [0.05, 0.1) is 0 Å². The lowest BCUT2D eigenvalue weighted by atomic mass is 9.92. The predicted octanol–water partition coefficient (Wildman–Crippen LogP) is 1.76. The molecule has 1 aliphatic carbocycles.